The van der Waals surface area contributed by atoms with Crippen molar-refractivity contribution in [2.24, 2.45) is 17.1 Å². The molecule has 3 heteroatoms. The van der Waals surface area contributed by atoms with Gasteiger partial charge in [0.05, 0.1) is 6.04 Å². The van der Waals surface area contributed by atoms with Crippen molar-refractivity contribution in [3.63, 3.8) is 0 Å². The van der Waals surface area contributed by atoms with Gasteiger partial charge in [0, 0.05) is 19.5 Å². The van der Waals surface area contributed by atoms with Gasteiger partial charge in [0.15, 0.2) is 0 Å². The monoisotopic (exact) mass is 196 g/mol. The maximum Gasteiger partial charge on any atom is 0.224 e. The normalized spacial score (nSPS) is 35.5. The Morgan fingerprint density at radius 1 is 1.50 bits per heavy atom. The van der Waals surface area contributed by atoms with Crippen molar-refractivity contribution in [3.05, 3.63) is 0 Å². The van der Waals surface area contributed by atoms with Crippen LogP contribution in [0.25, 0.3) is 0 Å². The number of likely N-dealkylation sites (tertiary alicyclic amines) is 1. The first-order valence-corrected chi connectivity index (χ1v) is 5.50. The summed E-state index contributed by atoms with van der Waals surface area (Å²) >= 11 is 0. The molecule has 2 atom stereocenters. The molecule has 0 bridgehead atoms. The van der Waals surface area contributed by atoms with Crippen LogP contribution < -0.4 is 5.73 Å². The molecule has 0 aromatic rings. The highest BCUT2D eigenvalue weighted by Gasteiger charge is 2.57. The molecule has 80 valence electrons. The Kier molecular flexibility index (Phi) is 2.11. The van der Waals surface area contributed by atoms with Gasteiger partial charge in [-0.25, -0.2) is 0 Å². The van der Waals surface area contributed by atoms with Crippen LogP contribution in [0.5, 0.6) is 0 Å². The Morgan fingerprint density at radius 2 is 2.07 bits per heavy atom. The zero-order valence-corrected chi connectivity index (χ0v) is 9.29. The molecule has 1 heterocycles. The van der Waals surface area contributed by atoms with E-state index in [0.29, 0.717) is 17.8 Å². The Labute approximate surface area is 85.6 Å². The molecule has 1 aliphatic carbocycles. The number of amides is 1. The molecule has 1 amide bonds. The van der Waals surface area contributed by atoms with E-state index < -0.39 is 0 Å². The standard InChI is InChI=1S/C11H20N2O/c1-7(2)11(4-5-11)10-8(12)6-9(14)13(10)3/h7-8,10H,4-6,12H2,1-3H3/t8-,10-/m0/s1. The molecule has 1 saturated heterocycles. The Morgan fingerprint density at radius 3 is 2.36 bits per heavy atom. The van der Waals surface area contributed by atoms with E-state index in [9.17, 15) is 4.79 Å². The van der Waals surface area contributed by atoms with E-state index in [-0.39, 0.29) is 18.0 Å². The van der Waals surface area contributed by atoms with Gasteiger partial charge in [-0.15, -0.1) is 0 Å². The largest absolute Gasteiger partial charge is 0.341 e. The van der Waals surface area contributed by atoms with Gasteiger partial charge in [-0.2, -0.15) is 0 Å². The summed E-state index contributed by atoms with van der Waals surface area (Å²) in [5, 5.41) is 0. The lowest BCUT2D eigenvalue weighted by molar-refractivity contribution is -0.128. The lowest BCUT2D eigenvalue weighted by atomic mass is 9.82. The molecule has 0 radical (unpaired) electrons. The van der Waals surface area contributed by atoms with E-state index >= 15 is 0 Å². The lowest BCUT2D eigenvalue weighted by Crippen LogP contribution is -2.47. The van der Waals surface area contributed by atoms with Crippen molar-refractivity contribution in [1.29, 1.82) is 0 Å². The molecule has 0 spiro atoms. The van der Waals surface area contributed by atoms with E-state index in [1.54, 1.807) is 0 Å². The third kappa shape index (κ3) is 1.18. The number of rotatable bonds is 2. The molecular weight excluding hydrogens is 176 g/mol. The average molecular weight is 196 g/mol. The second-order valence-electron chi connectivity index (χ2n) is 5.21. The van der Waals surface area contributed by atoms with Crippen LogP contribution in [0.1, 0.15) is 33.1 Å². The minimum atomic E-state index is 0.0531. The lowest BCUT2D eigenvalue weighted by Gasteiger charge is -2.34. The summed E-state index contributed by atoms with van der Waals surface area (Å²) in [6.45, 7) is 4.49. The molecule has 0 aromatic heterocycles. The van der Waals surface area contributed by atoms with Crippen molar-refractivity contribution in [2.45, 2.75) is 45.2 Å². The Bertz CT molecular complexity index is 258. The number of hydrogen-bond acceptors (Lipinski definition) is 2. The third-order valence-electron chi connectivity index (χ3n) is 4.19. The molecule has 1 aliphatic heterocycles. The summed E-state index contributed by atoms with van der Waals surface area (Å²) in [7, 11) is 1.91. The van der Waals surface area contributed by atoms with Crippen molar-refractivity contribution in [2.75, 3.05) is 7.05 Å². The van der Waals surface area contributed by atoms with Gasteiger partial charge in [-0.1, -0.05) is 13.8 Å². The van der Waals surface area contributed by atoms with E-state index in [2.05, 4.69) is 13.8 Å². The number of likely N-dealkylation sites (N-methyl/N-ethyl adjacent to an activating group) is 1. The predicted molar refractivity (Wildman–Crippen MR) is 55.7 cm³/mol. The quantitative estimate of drug-likeness (QED) is 0.715. The average Bonchev–Trinajstić information content (AvgIpc) is 2.81. The fourth-order valence-corrected chi connectivity index (χ4v) is 3.07. The first-order chi connectivity index (χ1) is 6.49. The molecule has 0 unspecified atom stereocenters. The number of hydrogen-bond donors (Lipinski definition) is 1. The highest BCUT2D eigenvalue weighted by Crippen LogP contribution is 2.57. The smallest absolute Gasteiger partial charge is 0.224 e. The summed E-state index contributed by atoms with van der Waals surface area (Å²) < 4.78 is 0. The maximum atomic E-state index is 11.5. The zero-order valence-electron chi connectivity index (χ0n) is 9.29. The van der Waals surface area contributed by atoms with Crippen molar-refractivity contribution < 1.29 is 4.79 Å². The van der Waals surface area contributed by atoms with Crippen LogP contribution in [0, 0.1) is 11.3 Å². The first-order valence-electron chi connectivity index (χ1n) is 5.50. The van der Waals surface area contributed by atoms with Crippen LogP contribution >= 0.6 is 0 Å². The molecule has 2 fully saturated rings. The molecule has 0 aromatic carbocycles. The summed E-state index contributed by atoms with van der Waals surface area (Å²) in [6, 6.07) is 0.340. The van der Waals surface area contributed by atoms with Gasteiger partial charge < -0.3 is 10.6 Å². The molecule has 2 aliphatic rings. The third-order valence-corrected chi connectivity index (χ3v) is 4.19. The van der Waals surface area contributed by atoms with Crippen LogP contribution in [0.3, 0.4) is 0 Å². The molecule has 1 saturated carbocycles. The van der Waals surface area contributed by atoms with Gasteiger partial charge in [0.2, 0.25) is 5.91 Å². The second-order valence-corrected chi connectivity index (χ2v) is 5.21. The second kappa shape index (κ2) is 2.96. The van der Waals surface area contributed by atoms with Crippen LogP contribution in [-0.2, 0) is 4.79 Å². The summed E-state index contributed by atoms with van der Waals surface area (Å²) in [5.41, 5.74) is 6.39. The van der Waals surface area contributed by atoms with Gasteiger partial charge in [-0.3, -0.25) is 4.79 Å². The summed E-state index contributed by atoms with van der Waals surface area (Å²) in [4.78, 5) is 13.4. The van der Waals surface area contributed by atoms with Gasteiger partial charge in [0.1, 0.15) is 0 Å². The van der Waals surface area contributed by atoms with Crippen LogP contribution in [-0.4, -0.2) is 29.9 Å². The maximum absolute atomic E-state index is 11.5. The number of nitrogens with two attached hydrogens (primary N) is 1. The van der Waals surface area contributed by atoms with Crippen molar-refractivity contribution >= 4 is 5.91 Å². The topological polar surface area (TPSA) is 46.3 Å². The number of nitrogens with zero attached hydrogens (tertiary/aromatic N) is 1. The minimum absolute atomic E-state index is 0.0531. The van der Waals surface area contributed by atoms with Gasteiger partial charge in [0.25, 0.3) is 0 Å². The van der Waals surface area contributed by atoms with E-state index in [1.165, 1.54) is 12.8 Å². The van der Waals surface area contributed by atoms with Crippen molar-refractivity contribution in [1.82, 2.24) is 4.90 Å². The predicted octanol–water partition coefficient (Wildman–Crippen LogP) is 0.981. The van der Waals surface area contributed by atoms with Gasteiger partial charge >= 0.3 is 0 Å². The minimum Gasteiger partial charge on any atom is -0.341 e. The number of carbonyl (C=O) groups excluding carboxylic acids is 1. The first kappa shape index (κ1) is 9.97. The Hall–Kier alpha value is -0.570. The number of carbonyl (C=O) groups is 1. The molecule has 2 rings (SSSR count). The molecule has 14 heavy (non-hydrogen) atoms. The van der Waals surface area contributed by atoms with Gasteiger partial charge in [-0.05, 0) is 24.2 Å². The Balaban J connectivity index is 2.22. The van der Waals surface area contributed by atoms with Crippen LogP contribution in [0.15, 0.2) is 0 Å². The van der Waals surface area contributed by atoms with E-state index in [4.69, 9.17) is 5.73 Å². The van der Waals surface area contributed by atoms with Crippen LogP contribution in [0.4, 0.5) is 0 Å². The highest BCUT2D eigenvalue weighted by atomic mass is 16.2. The van der Waals surface area contributed by atoms with E-state index in [0.717, 1.165) is 0 Å². The molecule has 3 nitrogen and oxygen atoms in total. The van der Waals surface area contributed by atoms with E-state index in [1.807, 2.05) is 11.9 Å². The SMILES string of the molecule is CC(C)C1([C@@H]2[C@@H](N)CC(=O)N2C)CC1. The summed E-state index contributed by atoms with van der Waals surface area (Å²) in [5.74, 6) is 0.848. The fraction of sp³-hybridized carbons (Fsp3) is 0.909. The van der Waals surface area contributed by atoms with Crippen LogP contribution in [0.2, 0.25) is 0 Å². The fourth-order valence-electron chi connectivity index (χ4n) is 3.07. The highest BCUT2D eigenvalue weighted by molar-refractivity contribution is 5.80. The molecule has 2 N–H and O–H groups in total. The van der Waals surface area contributed by atoms with Crippen molar-refractivity contribution in [3.8, 4) is 0 Å². The summed E-state index contributed by atoms with van der Waals surface area (Å²) in [6.07, 6.45) is 3.01. The zero-order chi connectivity index (χ0) is 10.5. The molecular formula is C11H20N2O.